The molecule has 0 aromatic heterocycles. The summed E-state index contributed by atoms with van der Waals surface area (Å²) in [7, 11) is 0. The SMILES string of the molecule is CCC(C)c1ccc(Oc2c(F)cccc2C(C)=O)cc1. The first-order valence-corrected chi connectivity index (χ1v) is 7.10. The molecule has 0 aliphatic rings. The number of Topliss-reactive ketones (excluding diaryl/α,β-unsaturated/α-hetero) is 1. The molecule has 3 heteroatoms. The van der Waals surface area contributed by atoms with E-state index in [4.69, 9.17) is 4.74 Å². The summed E-state index contributed by atoms with van der Waals surface area (Å²) in [5, 5.41) is 0. The Kier molecular flexibility index (Phi) is 4.73. The molecule has 1 atom stereocenters. The van der Waals surface area contributed by atoms with Gasteiger partial charge in [0.1, 0.15) is 5.75 Å². The van der Waals surface area contributed by atoms with E-state index < -0.39 is 5.82 Å². The number of carbonyl (C=O) groups excluding carboxylic acids is 1. The molecule has 0 radical (unpaired) electrons. The summed E-state index contributed by atoms with van der Waals surface area (Å²) in [4.78, 5) is 11.5. The Balaban J connectivity index is 2.28. The molecule has 0 bridgehead atoms. The van der Waals surface area contributed by atoms with Crippen LogP contribution >= 0.6 is 0 Å². The number of halogens is 1. The molecule has 0 N–H and O–H groups in total. The molecular weight excluding hydrogens is 267 g/mol. The standard InChI is InChI=1S/C18H19FO2/c1-4-12(2)14-8-10-15(11-9-14)21-18-16(13(3)20)6-5-7-17(18)19/h5-12H,4H2,1-3H3. The molecule has 2 rings (SSSR count). The highest BCUT2D eigenvalue weighted by atomic mass is 19.1. The smallest absolute Gasteiger partial charge is 0.173 e. The molecule has 0 aliphatic carbocycles. The van der Waals surface area contributed by atoms with Gasteiger partial charge in [0.15, 0.2) is 17.3 Å². The van der Waals surface area contributed by atoms with E-state index >= 15 is 0 Å². The number of ketones is 1. The van der Waals surface area contributed by atoms with Crippen molar-refractivity contribution in [2.24, 2.45) is 0 Å². The van der Waals surface area contributed by atoms with Crippen LogP contribution in [0.3, 0.4) is 0 Å². The maximum Gasteiger partial charge on any atom is 0.173 e. The first-order valence-electron chi connectivity index (χ1n) is 7.10. The summed E-state index contributed by atoms with van der Waals surface area (Å²) >= 11 is 0. The van der Waals surface area contributed by atoms with Gasteiger partial charge >= 0.3 is 0 Å². The fourth-order valence-electron chi connectivity index (χ4n) is 2.11. The number of hydrogen-bond acceptors (Lipinski definition) is 2. The molecule has 2 aromatic carbocycles. The van der Waals surface area contributed by atoms with Crippen LogP contribution < -0.4 is 4.74 Å². The minimum atomic E-state index is -0.534. The van der Waals surface area contributed by atoms with Crippen LogP contribution in [0.1, 0.15) is 49.0 Å². The Morgan fingerprint density at radius 1 is 1.19 bits per heavy atom. The van der Waals surface area contributed by atoms with E-state index in [1.807, 2.05) is 12.1 Å². The number of benzene rings is 2. The number of para-hydroxylation sites is 1. The van der Waals surface area contributed by atoms with Crippen molar-refractivity contribution in [3.05, 3.63) is 59.4 Å². The molecule has 0 fully saturated rings. The molecule has 0 spiro atoms. The summed E-state index contributed by atoms with van der Waals surface area (Å²) in [6.07, 6.45) is 1.06. The summed E-state index contributed by atoms with van der Waals surface area (Å²) in [6.45, 7) is 5.68. The Hall–Kier alpha value is -2.16. The first kappa shape index (κ1) is 15.2. The minimum absolute atomic E-state index is 0.0127. The van der Waals surface area contributed by atoms with E-state index in [0.29, 0.717) is 11.7 Å². The summed E-state index contributed by atoms with van der Waals surface area (Å²) in [5.74, 6) is 0.227. The molecule has 2 nitrogen and oxygen atoms in total. The van der Waals surface area contributed by atoms with Crippen LogP contribution in [0.5, 0.6) is 11.5 Å². The lowest BCUT2D eigenvalue weighted by Gasteiger charge is -2.12. The second kappa shape index (κ2) is 6.53. The van der Waals surface area contributed by atoms with Gasteiger partial charge in [-0.15, -0.1) is 0 Å². The highest BCUT2D eigenvalue weighted by Gasteiger charge is 2.14. The number of ether oxygens (including phenoxy) is 1. The van der Waals surface area contributed by atoms with Crippen LogP contribution in [0.2, 0.25) is 0 Å². The quantitative estimate of drug-likeness (QED) is 0.694. The molecule has 2 aromatic rings. The molecule has 21 heavy (non-hydrogen) atoms. The predicted octanol–water partition coefficient (Wildman–Crippen LogP) is 5.33. The lowest BCUT2D eigenvalue weighted by molar-refractivity contribution is 0.101. The zero-order valence-corrected chi connectivity index (χ0v) is 12.5. The Morgan fingerprint density at radius 3 is 2.43 bits per heavy atom. The van der Waals surface area contributed by atoms with Gasteiger partial charge in [-0.3, -0.25) is 4.79 Å². The molecule has 0 saturated heterocycles. The zero-order chi connectivity index (χ0) is 15.4. The first-order chi connectivity index (χ1) is 10.0. The van der Waals surface area contributed by atoms with Crippen LogP contribution in [0, 0.1) is 5.82 Å². The van der Waals surface area contributed by atoms with Gasteiger partial charge in [-0.25, -0.2) is 4.39 Å². The van der Waals surface area contributed by atoms with Crippen molar-refractivity contribution >= 4 is 5.78 Å². The van der Waals surface area contributed by atoms with Crippen molar-refractivity contribution < 1.29 is 13.9 Å². The lowest BCUT2D eigenvalue weighted by Crippen LogP contribution is -1.99. The lowest BCUT2D eigenvalue weighted by atomic mass is 9.99. The Labute approximate surface area is 124 Å². The second-order valence-electron chi connectivity index (χ2n) is 5.15. The van der Waals surface area contributed by atoms with E-state index in [-0.39, 0.29) is 17.1 Å². The van der Waals surface area contributed by atoms with Crippen LogP contribution in [-0.4, -0.2) is 5.78 Å². The van der Waals surface area contributed by atoms with Crippen molar-refractivity contribution in [1.29, 1.82) is 0 Å². The van der Waals surface area contributed by atoms with Gasteiger partial charge in [0.25, 0.3) is 0 Å². The fraction of sp³-hybridized carbons (Fsp3) is 0.278. The average Bonchev–Trinajstić information content (AvgIpc) is 2.49. The summed E-state index contributed by atoms with van der Waals surface area (Å²) in [6, 6.07) is 11.9. The number of hydrogen-bond donors (Lipinski definition) is 0. The van der Waals surface area contributed by atoms with Crippen LogP contribution in [0.15, 0.2) is 42.5 Å². The average molecular weight is 286 g/mol. The van der Waals surface area contributed by atoms with E-state index in [0.717, 1.165) is 6.42 Å². The second-order valence-corrected chi connectivity index (χ2v) is 5.15. The minimum Gasteiger partial charge on any atom is -0.454 e. The Morgan fingerprint density at radius 2 is 1.86 bits per heavy atom. The maximum atomic E-state index is 13.9. The molecule has 0 aliphatic heterocycles. The van der Waals surface area contributed by atoms with Crippen molar-refractivity contribution in [2.45, 2.75) is 33.1 Å². The monoisotopic (exact) mass is 286 g/mol. The van der Waals surface area contributed by atoms with Gasteiger partial charge in [0.05, 0.1) is 5.56 Å². The molecule has 0 saturated carbocycles. The van der Waals surface area contributed by atoms with Gasteiger partial charge in [0, 0.05) is 0 Å². The normalized spacial score (nSPS) is 12.0. The van der Waals surface area contributed by atoms with Gasteiger partial charge in [-0.1, -0.05) is 32.0 Å². The van der Waals surface area contributed by atoms with Crippen LogP contribution in [-0.2, 0) is 0 Å². The highest BCUT2D eigenvalue weighted by molar-refractivity contribution is 5.96. The molecule has 0 heterocycles. The van der Waals surface area contributed by atoms with Gasteiger partial charge < -0.3 is 4.74 Å². The topological polar surface area (TPSA) is 26.3 Å². The molecule has 0 amide bonds. The Bertz CT molecular complexity index is 632. The zero-order valence-electron chi connectivity index (χ0n) is 12.5. The van der Waals surface area contributed by atoms with Crippen molar-refractivity contribution in [3.8, 4) is 11.5 Å². The van der Waals surface area contributed by atoms with Crippen molar-refractivity contribution in [1.82, 2.24) is 0 Å². The van der Waals surface area contributed by atoms with E-state index in [1.54, 1.807) is 18.2 Å². The molecule has 110 valence electrons. The third-order valence-corrected chi connectivity index (χ3v) is 3.63. The van der Waals surface area contributed by atoms with Crippen LogP contribution in [0.4, 0.5) is 4.39 Å². The van der Waals surface area contributed by atoms with Gasteiger partial charge in [0.2, 0.25) is 0 Å². The summed E-state index contributed by atoms with van der Waals surface area (Å²) in [5.41, 5.74) is 1.46. The molecule has 1 unspecified atom stereocenters. The van der Waals surface area contributed by atoms with Crippen molar-refractivity contribution in [3.63, 3.8) is 0 Å². The highest BCUT2D eigenvalue weighted by Crippen LogP contribution is 2.30. The van der Waals surface area contributed by atoms with Gasteiger partial charge in [-0.05, 0) is 49.1 Å². The van der Waals surface area contributed by atoms with E-state index in [9.17, 15) is 9.18 Å². The van der Waals surface area contributed by atoms with Crippen LogP contribution in [0.25, 0.3) is 0 Å². The van der Waals surface area contributed by atoms with Gasteiger partial charge in [-0.2, -0.15) is 0 Å². The fourth-order valence-corrected chi connectivity index (χ4v) is 2.11. The summed E-state index contributed by atoms with van der Waals surface area (Å²) < 4.78 is 19.5. The number of carbonyl (C=O) groups is 1. The maximum absolute atomic E-state index is 13.9. The molecular formula is C18H19FO2. The third-order valence-electron chi connectivity index (χ3n) is 3.63. The van der Waals surface area contributed by atoms with E-state index in [2.05, 4.69) is 13.8 Å². The van der Waals surface area contributed by atoms with Crippen molar-refractivity contribution in [2.75, 3.05) is 0 Å². The number of rotatable bonds is 5. The largest absolute Gasteiger partial charge is 0.454 e. The third kappa shape index (κ3) is 3.48. The predicted molar refractivity (Wildman–Crippen MR) is 81.6 cm³/mol. The van der Waals surface area contributed by atoms with E-state index in [1.165, 1.54) is 24.6 Å².